The van der Waals surface area contributed by atoms with Gasteiger partial charge >= 0.3 is 5.69 Å². The van der Waals surface area contributed by atoms with E-state index in [-0.39, 0.29) is 5.75 Å². The second-order valence-corrected chi connectivity index (χ2v) is 6.92. The number of aromatic nitrogens is 2. The number of fused-ring (bicyclic) bond motifs is 4. The number of nitrogens with zero attached hydrogens (tertiary/aromatic N) is 2. The Balaban J connectivity index is 1.71. The summed E-state index contributed by atoms with van der Waals surface area (Å²) in [6.45, 7) is 0. The summed E-state index contributed by atoms with van der Waals surface area (Å²) in [5.41, 5.74) is 1.49. The molecule has 0 amide bonds. The SMILES string of the molecule is O=c1[nH]c2ccccc2c(=O)n1/N=C/c1c(O)ccc2oc3c(c12)CCCC3. The summed E-state index contributed by atoms with van der Waals surface area (Å²) < 4.78 is 6.71. The average Bonchev–Trinajstić information content (AvgIpc) is 3.08. The fourth-order valence-corrected chi connectivity index (χ4v) is 3.88. The lowest BCUT2D eigenvalue weighted by molar-refractivity contribution is 0.474. The molecule has 2 aromatic carbocycles. The van der Waals surface area contributed by atoms with E-state index in [9.17, 15) is 14.7 Å². The van der Waals surface area contributed by atoms with Gasteiger partial charge in [-0.3, -0.25) is 4.79 Å². The van der Waals surface area contributed by atoms with Crippen molar-refractivity contribution in [2.75, 3.05) is 0 Å². The van der Waals surface area contributed by atoms with Crippen LogP contribution in [0.3, 0.4) is 0 Å². The maximum Gasteiger partial charge on any atom is 0.349 e. The highest BCUT2D eigenvalue weighted by molar-refractivity contribution is 6.03. The van der Waals surface area contributed by atoms with Gasteiger partial charge in [-0.2, -0.15) is 5.10 Å². The number of aromatic amines is 1. The predicted molar refractivity (Wildman–Crippen MR) is 106 cm³/mol. The number of benzene rings is 2. The van der Waals surface area contributed by atoms with Crippen LogP contribution in [0.4, 0.5) is 0 Å². The molecule has 0 radical (unpaired) electrons. The van der Waals surface area contributed by atoms with Crippen molar-refractivity contribution in [3.63, 3.8) is 0 Å². The molecule has 7 heteroatoms. The van der Waals surface area contributed by atoms with Crippen LogP contribution < -0.4 is 11.2 Å². The summed E-state index contributed by atoms with van der Waals surface area (Å²) in [5, 5.41) is 15.7. The molecule has 0 bridgehead atoms. The van der Waals surface area contributed by atoms with E-state index in [0.717, 1.165) is 47.1 Å². The van der Waals surface area contributed by atoms with Gasteiger partial charge in [0, 0.05) is 22.9 Å². The standard InChI is InChI=1S/C21H17N3O4/c25-16-9-10-18-19(13-6-2-4-8-17(13)28-18)14(16)11-22-24-20(26)12-5-1-3-7-15(12)23-21(24)27/h1,3,5,7,9-11,25H,2,4,6,8H2,(H,23,27)/b22-11+. The van der Waals surface area contributed by atoms with E-state index in [2.05, 4.69) is 10.1 Å². The lowest BCUT2D eigenvalue weighted by atomic mass is 9.94. The lowest BCUT2D eigenvalue weighted by Gasteiger charge is -2.09. The van der Waals surface area contributed by atoms with Crippen LogP contribution in [0, 0.1) is 0 Å². The molecule has 2 heterocycles. The van der Waals surface area contributed by atoms with Crippen LogP contribution in [0.15, 0.2) is 55.5 Å². The zero-order chi connectivity index (χ0) is 19.3. The average molecular weight is 375 g/mol. The summed E-state index contributed by atoms with van der Waals surface area (Å²) >= 11 is 0. The van der Waals surface area contributed by atoms with E-state index in [1.807, 2.05) is 0 Å². The number of H-pyrrole nitrogens is 1. The van der Waals surface area contributed by atoms with Gasteiger partial charge < -0.3 is 14.5 Å². The summed E-state index contributed by atoms with van der Waals surface area (Å²) in [4.78, 5) is 27.6. The van der Waals surface area contributed by atoms with E-state index in [0.29, 0.717) is 22.0 Å². The maximum absolute atomic E-state index is 12.6. The van der Waals surface area contributed by atoms with Crippen LogP contribution >= 0.6 is 0 Å². The van der Waals surface area contributed by atoms with Crippen molar-refractivity contribution in [2.24, 2.45) is 5.10 Å². The van der Waals surface area contributed by atoms with Gasteiger partial charge in [0.05, 0.1) is 17.1 Å². The summed E-state index contributed by atoms with van der Waals surface area (Å²) in [6, 6.07) is 10.0. The second-order valence-electron chi connectivity index (χ2n) is 6.92. The van der Waals surface area contributed by atoms with Gasteiger partial charge in [0.1, 0.15) is 17.1 Å². The Hall–Kier alpha value is -3.61. The second kappa shape index (κ2) is 6.23. The molecule has 2 aromatic heterocycles. The van der Waals surface area contributed by atoms with Crippen molar-refractivity contribution in [3.8, 4) is 5.75 Å². The van der Waals surface area contributed by atoms with Gasteiger partial charge in [0.25, 0.3) is 5.56 Å². The molecule has 5 rings (SSSR count). The number of hydrogen-bond acceptors (Lipinski definition) is 5. The Morgan fingerprint density at radius 1 is 1.11 bits per heavy atom. The zero-order valence-electron chi connectivity index (χ0n) is 14.9. The molecule has 2 N–H and O–H groups in total. The molecule has 0 saturated heterocycles. The highest BCUT2D eigenvalue weighted by Gasteiger charge is 2.21. The van der Waals surface area contributed by atoms with Crippen LogP contribution in [0.2, 0.25) is 0 Å². The normalized spacial score (nSPS) is 14.1. The third-order valence-electron chi connectivity index (χ3n) is 5.22. The van der Waals surface area contributed by atoms with Crippen LogP contribution in [0.1, 0.15) is 29.7 Å². The Labute approximate surface area is 158 Å². The van der Waals surface area contributed by atoms with Crippen molar-refractivity contribution in [3.05, 3.63) is 74.1 Å². The summed E-state index contributed by atoms with van der Waals surface area (Å²) in [6.07, 6.45) is 5.21. The first-order valence-corrected chi connectivity index (χ1v) is 9.18. The molecule has 0 unspecified atom stereocenters. The smallest absolute Gasteiger partial charge is 0.349 e. The number of nitrogens with one attached hydrogen (secondary N) is 1. The molecule has 140 valence electrons. The van der Waals surface area contributed by atoms with Crippen LogP contribution in [0.25, 0.3) is 21.9 Å². The highest BCUT2D eigenvalue weighted by Crippen LogP contribution is 2.36. The van der Waals surface area contributed by atoms with Crippen molar-refractivity contribution in [1.82, 2.24) is 9.66 Å². The molecular formula is C21H17N3O4. The van der Waals surface area contributed by atoms with Gasteiger partial charge in [-0.25, -0.2) is 4.79 Å². The number of para-hydroxylation sites is 1. The number of aromatic hydroxyl groups is 1. The van der Waals surface area contributed by atoms with Crippen molar-refractivity contribution < 1.29 is 9.52 Å². The highest BCUT2D eigenvalue weighted by atomic mass is 16.3. The minimum Gasteiger partial charge on any atom is -0.507 e. The molecule has 0 fully saturated rings. The van der Waals surface area contributed by atoms with E-state index in [1.54, 1.807) is 30.3 Å². The molecule has 1 aliphatic rings. The maximum atomic E-state index is 12.6. The fourth-order valence-electron chi connectivity index (χ4n) is 3.88. The Morgan fingerprint density at radius 3 is 2.82 bits per heavy atom. The first kappa shape index (κ1) is 16.6. The lowest BCUT2D eigenvalue weighted by Crippen LogP contribution is -2.32. The third kappa shape index (κ3) is 2.47. The summed E-state index contributed by atoms with van der Waals surface area (Å²) in [7, 11) is 0. The van der Waals surface area contributed by atoms with Crippen molar-refractivity contribution >= 4 is 28.1 Å². The van der Waals surface area contributed by atoms with E-state index < -0.39 is 11.2 Å². The molecule has 1 aliphatic carbocycles. The number of rotatable bonds is 2. The number of phenolic OH excluding ortho intramolecular Hbond substituents is 1. The quantitative estimate of drug-likeness (QED) is 0.526. The number of phenols is 1. The molecule has 0 spiro atoms. The number of hydrogen-bond donors (Lipinski definition) is 2. The minimum absolute atomic E-state index is 0.0238. The largest absolute Gasteiger partial charge is 0.507 e. The zero-order valence-corrected chi connectivity index (χ0v) is 14.9. The van der Waals surface area contributed by atoms with E-state index in [4.69, 9.17) is 4.42 Å². The number of furan rings is 1. The molecule has 28 heavy (non-hydrogen) atoms. The van der Waals surface area contributed by atoms with E-state index in [1.165, 1.54) is 12.3 Å². The van der Waals surface area contributed by atoms with Gasteiger partial charge in [-0.05, 0) is 43.5 Å². The van der Waals surface area contributed by atoms with Gasteiger partial charge in [0.15, 0.2) is 0 Å². The van der Waals surface area contributed by atoms with E-state index >= 15 is 0 Å². The van der Waals surface area contributed by atoms with Gasteiger partial charge in [-0.1, -0.05) is 12.1 Å². The first-order valence-electron chi connectivity index (χ1n) is 9.18. The van der Waals surface area contributed by atoms with Crippen LogP contribution in [-0.2, 0) is 12.8 Å². The Kier molecular flexibility index (Phi) is 3.68. The predicted octanol–water partition coefficient (Wildman–Crippen LogP) is 2.90. The monoisotopic (exact) mass is 375 g/mol. The van der Waals surface area contributed by atoms with Crippen LogP contribution in [0.5, 0.6) is 5.75 Å². The van der Waals surface area contributed by atoms with Gasteiger partial charge in [0.2, 0.25) is 0 Å². The third-order valence-corrected chi connectivity index (χ3v) is 5.22. The van der Waals surface area contributed by atoms with Gasteiger partial charge in [-0.15, -0.1) is 4.68 Å². The molecule has 7 nitrogen and oxygen atoms in total. The molecule has 4 aromatic rings. The topological polar surface area (TPSA) is 101 Å². The Morgan fingerprint density at radius 2 is 1.93 bits per heavy atom. The minimum atomic E-state index is -0.638. The van der Waals surface area contributed by atoms with Crippen molar-refractivity contribution in [1.29, 1.82) is 0 Å². The van der Waals surface area contributed by atoms with Crippen LogP contribution in [-0.4, -0.2) is 21.0 Å². The molecule has 0 saturated carbocycles. The number of aryl methyl sites for hydroxylation is 2. The molecular weight excluding hydrogens is 358 g/mol. The van der Waals surface area contributed by atoms with Crippen molar-refractivity contribution in [2.45, 2.75) is 25.7 Å². The molecule has 0 aliphatic heterocycles. The first-order chi connectivity index (χ1) is 13.6. The molecule has 0 atom stereocenters. The summed E-state index contributed by atoms with van der Waals surface area (Å²) in [5.74, 6) is 0.956. The Bertz CT molecular complexity index is 1370. The fraction of sp³-hybridized carbons (Fsp3) is 0.190.